The lowest BCUT2D eigenvalue weighted by Gasteiger charge is -2.12. The maximum absolute atomic E-state index is 12.6. The molecule has 3 rings (SSSR count). The molecule has 0 aliphatic rings. The van der Waals surface area contributed by atoms with Gasteiger partial charge in [0, 0.05) is 17.1 Å². The number of benzene rings is 2. The lowest BCUT2D eigenvalue weighted by atomic mass is 10.0. The molecule has 2 N–H and O–H groups in total. The number of alkyl halides is 1. The van der Waals surface area contributed by atoms with E-state index in [1.165, 1.54) is 6.92 Å². The van der Waals surface area contributed by atoms with E-state index in [0.29, 0.717) is 28.8 Å². The quantitative estimate of drug-likeness (QED) is 0.617. The molecule has 0 aliphatic heterocycles. The fraction of sp³-hybridized carbons (Fsp3) is 0.200. The minimum Gasteiger partial charge on any atom is -0.487 e. The highest BCUT2D eigenvalue weighted by molar-refractivity contribution is 6.11. The number of ether oxygens (including phenoxy) is 2. The Balaban J connectivity index is 1.78. The SMILES string of the molecule is C[C@@H](NC(=O)OCF)C(=O)c1c[nH]c2c(OCc3ccccc3)cccc12. The van der Waals surface area contributed by atoms with Crippen molar-refractivity contribution in [1.82, 2.24) is 10.3 Å². The first-order chi connectivity index (χ1) is 13.1. The summed E-state index contributed by atoms with van der Waals surface area (Å²) in [5.74, 6) is 0.296. The molecule has 140 valence electrons. The molecule has 1 amide bonds. The zero-order valence-electron chi connectivity index (χ0n) is 14.7. The summed E-state index contributed by atoms with van der Waals surface area (Å²) >= 11 is 0. The van der Waals surface area contributed by atoms with E-state index in [2.05, 4.69) is 15.0 Å². The van der Waals surface area contributed by atoms with E-state index in [1.807, 2.05) is 36.4 Å². The molecule has 3 aromatic rings. The molecule has 0 radical (unpaired) electrons. The third-order valence-electron chi connectivity index (χ3n) is 4.09. The zero-order chi connectivity index (χ0) is 19.2. The second-order valence-electron chi connectivity index (χ2n) is 5.93. The van der Waals surface area contributed by atoms with Crippen molar-refractivity contribution in [2.45, 2.75) is 19.6 Å². The number of halogens is 1. The fourth-order valence-corrected chi connectivity index (χ4v) is 2.75. The number of para-hydroxylation sites is 1. The number of ketones is 1. The number of hydrogen-bond acceptors (Lipinski definition) is 4. The first-order valence-electron chi connectivity index (χ1n) is 8.40. The first kappa shape index (κ1) is 18.4. The average molecular weight is 370 g/mol. The third kappa shape index (κ3) is 4.25. The van der Waals surface area contributed by atoms with Crippen molar-refractivity contribution in [3.05, 3.63) is 65.9 Å². The molecule has 0 aliphatic carbocycles. The molecule has 0 saturated carbocycles. The molecule has 1 atom stereocenters. The van der Waals surface area contributed by atoms with Gasteiger partial charge in [0.2, 0.25) is 6.86 Å². The van der Waals surface area contributed by atoms with Gasteiger partial charge in [0.05, 0.1) is 11.6 Å². The Morgan fingerprint density at radius 3 is 2.67 bits per heavy atom. The van der Waals surface area contributed by atoms with Gasteiger partial charge in [-0.05, 0) is 18.6 Å². The van der Waals surface area contributed by atoms with E-state index in [0.717, 1.165) is 5.56 Å². The van der Waals surface area contributed by atoms with Crippen LogP contribution in [0.4, 0.5) is 9.18 Å². The minimum absolute atomic E-state index is 0.322. The summed E-state index contributed by atoms with van der Waals surface area (Å²) < 4.78 is 22.1. The topological polar surface area (TPSA) is 80.4 Å². The van der Waals surface area contributed by atoms with Crippen molar-refractivity contribution in [1.29, 1.82) is 0 Å². The van der Waals surface area contributed by atoms with Crippen molar-refractivity contribution in [3.63, 3.8) is 0 Å². The highest BCUT2D eigenvalue weighted by Gasteiger charge is 2.22. The smallest absolute Gasteiger partial charge is 0.410 e. The normalized spacial score (nSPS) is 11.8. The predicted octanol–water partition coefficient (Wildman–Crippen LogP) is 3.97. The third-order valence-corrected chi connectivity index (χ3v) is 4.09. The van der Waals surface area contributed by atoms with Crippen LogP contribution in [-0.2, 0) is 11.3 Å². The number of carbonyl (C=O) groups excluding carboxylic acids is 2. The predicted molar refractivity (Wildman–Crippen MR) is 98.5 cm³/mol. The van der Waals surface area contributed by atoms with Gasteiger partial charge in [-0.15, -0.1) is 0 Å². The number of H-pyrrole nitrogens is 1. The van der Waals surface area contributed by atoms with Crippen molar-refractivity contribution in [3.8, 4) is 5.75 Å². The maximum atomic E-state index is 12.6. The molecular formula is C20H19FN2O4. The Morgan fingerprint density at radius 2 is 1.93 bits per heavy atom. The van der Waals surface area contributed by atoms with E-state index in [9.17, 15) is 14.0 Å². The second-order valence-corrected chi connectivity index (χ2v) is 5.93. The molecule has 0 bridgehead atoms. The van der Waals surface area contributed by atoms with E-state index in [1.54, 1.807) is 18.3 Å². The highest BCUT2D eigenvalue weighted by Crippen LogP contribution is 2.28. The number of Topliss-reactive ketones (excluding diaryl/α,β-unsaturated/α-hetero) is 1. The fourth-order valence-electron chi connectivity index (χ4n) is 2.75. The van der Waals surface area contributed by atoms with Gasteiger partial charge in [0.25, 0.3) is 0 Å². The summed E-state index contributed by atoms with van der Waals surface area (Å²) in [5.41, 5.74) is 2.13. The molecule has 1 aromatic heterocycles. The number of rotatable bonds is 7. The van der Waals surface area contributed by atoms with Crippen LogP contribution in [0.3, 0.4) is 0 Å². The molecule has 2 aromatic carbocycles. The number of alkyl carbamates (subject to hydrolysis) is 1. The largest absolute Gasteiger partial charge is 0.487 e. The van der Waals surface area contributed by atoms with Crippen molar-refractivity contribution in [2.24, 2.45) is 0 Å². The summed E-state index contributed by atoms with van der Waals surface area (Å²) in [4.78, 5) is 27.0. The lowest BCUT2D eigenvalue weighted by Crippen LogP contribution is -2.38. The summed E-state index contributed by atoms with van der Waals surface area (Å²) in [6.07, 6.45) is 0.589. The molecular weight excluding hydrogens is 351 g/mol. The Hall–Kier alpha value is -3.35. The van der Waals surface area contributed by atoms with Crippen LogP contribution in [0, 0.1) is 0 Å². The number of fused-ring (bicyclic) bond motifs is 1. The lowest BCUT2D eigenvalue weighted by molar-refractivity contribution is 0.0852. The number of hydrogen-bond donors (Lipinski definition) is 2. The van der Waals surface area contributed by atoms with Crippen LogP contribution in [0.25, 0.3) is 10.9 Å². The van der Waals surface area contributed by atoms with Gasteiger partial charge >= 0.3 is 6.09 Å². The van der Waals surface area contributed by atoms with Crippen molar-refractivity contribution >= 4 is 22.8 Å². The molecule has 0 fully saturated rings. The Morgan fingerprint density at radius 1 is 1.15 bits per heavy atom. The van der Waals surface area contributed by atoms with Gasteiger partial charge in [0.1, 0.15) is 12.4 Å². The van der Waals surface area contributed by atoms with E-state index < -0.39 is 19.0 Å². The molecule has 6 nitrogen and oxygen atoms in total. The molecule has 7 heteroatoms. The van der Waals surface area contributed by atoms with Gasteiger partial charge in [-0.3, -0.25) is 4.79 Å². The number of nitrogens with one attached hydrogen (secondary N) is 2. The number of amides is 1. The number of aromatic amines is 1. The average Bonchev–Trinajstić information content (AvgIpc) is 3.11. The summed E-state index contributed by atoms with van der Waals surface area (Å²) in [6, 6.07) is 14.3. The van der Waals surface area contributed by atoms with Gasteiger partial charge in [-0.25, -0.2) is 9.18 Å². The van der Waals surface area contributed by atoms with Crippen molar-refractivity contribution in [2.75, 3.05) is 6.86 Å². The maximum Gasteiger partial charge on any atom is 0.410 e. The van der Waals surface area contributed by atoms with Crippen LogP contribution in [0.1, 0.15) is 22.8 Å². The van der Waals surface area contributed by atoms with Gasteiger partial charge in [-0.2, -0.15) is 0 Å². The first-order valence-corrected chi connectivity index (χ1v) is 8.40. The molecule has 1 heterocycles. The molecule has 0 spiro atoms. The summed E-state index contributed by atoms with van der Waals surface area (Å²) in [7, 11) is 0. The molecule has 0 unspecified atom stereocenters. The Bertz CT molecular complexity index is 940. The van der Waals surface area contributed by atoms with Crippen LogP contribution < -0.4 is 10.1 Å². The van der Waals surface area contributed by atoms with E-state index >= 15 is 0 Å². The van der Waals surface area contributed by atoms with Crippen LogP contribution in [0.15, 0.2) is 54.7 Å². The Kier molecular flexibility index (Phi) is 5.71. The van der Waals surface area contributed by atoms with Crippen LogP contribution in [0.2, 0.25) is 0 Å². The van der Waals surface area contributed by atoms with Crippen LogP contribution >= 0.6 is 0 Å². The second kappa shape index (κ2) is 8.35. The van der Waals surface area contributed by atoms with Crippen molar-refractivity contribution < 1.29 is 23.5 Å². The zero-order valence-corrected chi connectivity index (χ0v) is 14.7. The van der Waals surface area contributed by atoms with E-state index in [4.69, 9.17) is 4.74 Å². The van der Waals surface area contributed by atoms with Gasteiger partial charge in [0.15, 0.2) is 5.78 Å². The summed E-state index contributed by atoms with van der Waals surface area (Å²) in [6.45, 7) is 0.660. The minimum atomic E-state index is -1.25. The standard InChI is InChI=1S/C20H19FN2O4/c1-13(23-20(25)27-12-21)19(24)16-10-22-18-15(16)8-5-9-17(18)26-11-14-6-3-2-4-7-14/h2-10,13,22H,11-12H2,1H3,(H,23,25)/t13-/m1/s1. The van der Waals surface area contributed by atoms with Crippen LogP contribution in [-0.4, -0.2) is 29.8 Å². The highest BCUT2D eigenvalue weighted by atomic mass is 19.1. The van der Waals surface area contributed by atoms with Gasteiger partial charge < -0.3 is 19.8 Å². The van der Waals surface area contributed by atoms with E-state index in [-0.39, 0.29) is 5.78 Å². The monoisotopic (exact) mass is 370 g/mol. The molecule has 0 saturated heterocycles. The summed E-state index contributed by atoms with van der Waals surface area (Å²) in [5, 5.41) is 2.98. The number of carbonyl (C=O) groups is 2. The van der Waals surface area contributed by atoms with Crippen LogP contribution in [0.5, 0.6) is 5.75 Å². The Labute approximate surface area is 155 Å². The number of aromatic nitrogens is 1. The van der Waals surface area contributed by atoms with Gasteiger partial charge in [-0.1, -0.05) is 42.5 Å². The molecule has 27 heavy (non-hydrogen) atoms.